The van der Waals surface area contributed by atoms with Gasteiger partial charge in [-0.1, -0.05) is 12.1 Å². The fraction of sp³-hybridized carbons (Fsp3) is 0.588. The van der Waals surface area contributed by atoms with Crippen molar-refractivity contribution < 1.29 is 18.7 Å². The number of aliphatic hydroxyl groups is 1. The lowest BCUT2D eigenvalue weighted by atomic mass is 9.91. The van der Waals surface area contributed by atoms with Crippen molar-refractivity contribution in [3.05, 3.63) is 35.4 Å². The van der Waals surface area contributed by atoms with Crippen molar-refractivity contribution in [1.29, 1.82) is 0 Å². The van der Waals surface area contributed by atoms with Crippen LogP contribution in [0.3, 0.4) is 0 Å². The minimum Gasteiger partial charge on any atom is -0.379 e. The zero-order chi connectivity index (χ0) is 16.4. The van der Waals surface area contributed by atoms with E-state index in [1.165, 1.54) is 29.9 Å². The van der Waals surface area contributed by atoms with Crippen molar-refractivity contribution in [1.82, 2.24) is 10.2 Å². The summed E-state index contributed by atoms with van der Waals surface area (Å²) < 4.78 is 27.1. The molecule has 1 aliphatic carbocycles. The Morgan fingerprint density at radius 2 is 2.13 bits per heavy atom. The summed E-state index contributed by atoms with van der Waals surface area (Å²) in [4.78, 5) is 14.0. The number of halogens is 2. The van der Waals surface area contributed by atoms with Crippen LogP contribution in [0.25, 0.3) is 0 Å². The molecule has 126 valence electrons. The van der Waals surface area contributed by atoms with Gasteiger partial charge in [0, 0.05) is 25.2 Å². The van der Waals surface area contributed by atoms with Gasteiger partial charge in [0.2, 0.25) is 0 Å². The van der Waals surface area contributed by atoms with Crippen LogP contribution in [0, 0.1) is 17.6 Å². The lowest BCUT2D eigenvalue weighted by Gasteiger charge is -2.38. The minimum absolute atomic E-state index is 0.0205. The van der Waals surface area contributed by atoms with Crippen LogP contribution in [-0.4, -0.2) is 41.1 Å². The third-order valence-electron chi connectivity index (χ3n) is 4.64. The molecule has 0 spiro atoms. The highest BCUT2D eigenvalue weighted by molar-refractivity contribution is 5.86. The predicted molar refractivity (Wildman–Crippen MR) is 81.6 cm³/mol. The van der Waals surface area contributed by atoms with Gasteiger partial charge in [0.15, 0.2) is 17.2 Å². The predicted octanol–water partition coefficient (Wildman–Crippen LogP) is 1.82. The zero-order valence-corrected chi connectivity index (χ0v) is 13.0. The molecule has 0 unspecified atom stereocenters. The average Bonchev–Trinajstić information content (AvgIpc) is 3.33. The average molecular weight is 324 g/mol. The van der Waals surface area contributed by atoms with Crippen LogP contribution in [0.1, 0.15) is 31.2 Å². The number of nitrogens with zero attached hydrogens (tertiary/aromatic N) is 1. The van der Waals surface area contributed by atoms with Crippen LogP contribution < -0.4 is 5.32 Å². The molecule has 1 aromatic carbocycles. The number of amides is 1. The maximum absolute atomic E-state index is 13.8. The number of carbonyl (C=O) groups is 1. The van der Waals surface area contributed by atoms with E-state index in [1.807, 2.05) is 0 Å². The largest absolute Gasteiger partial charge is 0.379 e. The Morgan fingerprint density at radius 3 is 2.87 bits per heavy atom. The maximum atomic E-state index is 13.8. The first-order valence-electron chi connectivity index (χ1n) is 8.15. The van der Waals surface area contributed by atoms with Gasteiger partial charge in [0.1, 0.15) is 0 Å². The maximum Gasteiger partial charge on any atom is 0.256 e. The summed E-state index contributed by atoms with van der Waals surface area (Å²) in [6.45, 7) is 1.45. The van der Waals surface area contributed by atoms with E-state index < -0.39 is 23.1 Å². The summed E-state index contributed by atoms with van der Waals surface area (Å²) in [6.07, 6.45) is 3.44. The zero-order valence-electron chi connectivity index (χ0n) is 13.0. The standard InChI is InChI=1S/C17H22F2N2O2/c18-14-4-1-3-13(15(14)19)10-21-8-2-7-17(23,16(21)22)11-20-9-12-5-6-12/h1,3-4,12,20,23H,2,5-11H2/t17-/m1/s1. The third-order valence-corrected chi connectivity index (χ3v) is 4.64. The van der Waals surface area contributed by atoms with Crippen molar-refractivity contribution in [2.45, 2.75) is 37.8 Å². The molecule has 6 heteroatoms. The van der Waals surface area contributed by atoms with Gasteiger partial charge >= 0.3 is 0 Å². The van der Waals surface area contributed by atoms with Crippen molar-refractivity contribution in [3.8, 4) is 0 Å². The molecule has 4 nitrogen and oxygen atoms in total. The van der Waals surface area contributed by atoms with Crippen LogP contribution >= 0.6 is 0 Å². The lowest BCUT2D eigenvalue weighted by Crippen LogP contribution is -2.57. The Bertz CT molecular complexity index is 592. The molecule has 1 saturated carbocycles. The summed E-state index contributed by atoms with van der Waals surface area (Å²) >= 11 is 0. The van der Waals surface area contributed by atoms with Gasteiger partial charge in [-0.05, 0) is 44.2 Å². The monoisotopic (exact) mass is 324 g/mol. The summed E-state index contributed by atoms with van der Waals surface area (Å²) in [5.41, 5.74) is -1.31. The smallest absolute Gasteiger partial charge is 0.256 e. The summed E-state index contributed by atoms with van der Waals surface area (Å²) in [5.74, 6) is -1.60. The van der Waals surface area contributed by atoms with Gasteiger partial charge in [-0.15, -0.1) is 0 Å². The van der Waals surface area contributed by atoms with E-state index in [0.29, 0.717) is 25.3 Å². The molecule has 1 amide bonds. The number of piperidine rings is 1. The molecule has 0 bridgehead atoms. The molecular formula is C17H22F2N2O2. The number of rotatable bonds is 6. The van der Waals surface area contributed by atoms with Gasteiger partial charge in [0.25, 0.3) is 5.91 Å². The van der Waals surface area contributed by atoms with Crippen LogP contribution in [-0.2, 0) is 11.3 Å². The van der Waals surface area contributed by atoms with E-state index in [4.69, 9.17) is 0 Å². The minimum atomic E-state index is -1.45. The first-order chi connectivity index (χ1) is 11.0. The van der Waals surface area contributed by atoms with Crippen LogP contribution in [0.2, 0.25) is 0 Å². The molecule has 1 aromatic rings. The molecule has 2 fully saturated rings. The Hall–Kier alpha value is -1.53. The van der Waals surface area contributed by atoms with Crippen molar-refractivity contribution >= 4 is 5.91 Å². The van der Waals surface area contributed by atoms with E-state index in [2.05, 4.69) is 5.32 Å². The van der Waals surface area contributed by atoms with Crippen LogP contribution in [0.4, 0.5) is 8.78 Å². The number of hydrogen-bond donors (Lipinski definition) is 2. The molecule has 1 saturated heterocycles. The van der Waals surface area contributed by atoms with E-state index in [1.54, 1.807) is 0 Å². The van der Waals surface area contributed by atoms with Crippen molar-refractivity contribution in [2.75, 3.05) is 19.6 Å². The molecule has 3 rings (SSSR count). The topological polar surface area (TPSA) is 52.6 Å². The van der Waals surface area contributed by atoms with Crippen LogP contribution in [0.15, 0.2) is 18.2 Å². The number of carbonyl (C=O) groups excluding carboxylic acids is 1. The van der Waals surface area contributed by atoms with Crippen LogP contribution in [0.5, 0.6) is 0 Å². The molecule has 2 N–H and O–H groups in total. The Morgan fingerprint density at radius 1 is 1.35 bits per heavy atom. The number of benzene rings is 1. The Kier molecular flexibility index (Phi) is 4.64. The highest BCUT2D eigenvalue weighted by atomic mass is 19.2. The molecule has 2 aliphatic rings. The SMILES string of the molecule is O=C1N(Cc2cccc(F)c2F)CCC[C@@]1(O)CNCC1CC1. The van der Waals surface area contributed by atoms with Gasteiger partial charge < -0.3 is 15.3 Å². The van der Waals surface area contributed by atoms with Gasteiger partial charge in [-0.3, -0.25) is 4.79 Å². The van der Waals surface area contributed by atoms with E-state index in [-0.39, 0.29) is 18.7 Å². The molecule has 0 radical (unpaired) electrons. The Labute approximate surface area is 134 Å². The fourth-order valence-electron chi connectivity index (χ4n) is 3.06. The highest BCUT2D eigenvalue weighted by Gasteiger charge is 2.42. The molecular weight excluding hydrogens is 302 g/mol. The van der Waals surface area contributed by atoms with Gasteiger partial charge in [-0.25, -0.2) is 8.78 Å². The molecule has 1 aliphatic heterocycles. The lowest BCUT2D eigenvalue weighted by molar-refractivity contribution is -0.157. The number of hydrogen-bond acceptors (Lipinski definition) is 3. The second kappa shape index (κ2) is 6.53. The third kappa shape index (κ3) is 3.70. The van der Waals surface area contributed by atoms with E-state index in [9.17, 15) is 18.7 Å². The molecule has 23 heavy (non-hydrogen) atoms. The Balaban J connectivity index is 1.65. The second-order valence-corrected chi connectivity index (χ2v) is 6.65. The molecule has 0 aromatic heterocycles. The summed E-state index contributed by atoms with van der Waals surface area (Å²) in [5, 5.41) is 13.8. The quantitative estimate of drug-likeness (QED) is 0.839. The molecule has 1 atom stereocenters. The number of likely N-dealkylation sites (tertiary alicyclic amines) is 1. The highest BCUT2D eigenvalue weighted by Crippen LogP contribution is 2.28. The summed E-state index contributed by atoms with van der Waals surface area (Å²) in [7, 11) is 0. The van der Waals surface area contributed by atoms with Crippen molar-refractivity contribution in [2.24, 2.45) is 5.92 Å². The first kappa shape index (κ1) is 16.3. The normalized spacial score (nSPS) is 25.0. The van der Waals surface area contributed by atoms with E-state index in [0.717, 1.165) is 12.6 Å². The van der Waals surface area contributed by atoms with Gasteiger partial charge in [0.05, 0.1) is 0 Å². The fourth-order valence-corrected chi connectivity index (χ4v) is 3.06. The first-order valence-corrected chi connectivity index (χ1v) is 8.15. The van der Waals surface area contributed by atoms with Crippen molar-refractivity contribution in [3.63, 3.8) is 0 Å². The number of nitrogens with one attached hydrogen (secondary N) is 1. The van der Waals surface area contributed by atoms with E-state index >= 15 is 0 Å². The summed E-state index contributed by atoms with van der Waals surface area (Å²) in [6, 6.07) is 3.94. The molecule has 1 heterocycles. The van der Waals surface area contributed by atoms with Gasteiger partial charge in [-0.2, -0.15) is 0 Å². The second-order valence-electron chi connectivity index (χ2n) is 6.65.